The van der Waals surface area contributed by atoms with Gasteiger partial charge in [0.15, 0.2) is 0 Å². The third-order valence-corrected chi connectivity index (χ3v) is 2.57. The lowest BCUT2D eigenvalue weighted by molar-refractivity contribution is 0.0596. The summed E-state index contributed by atoms with van der Waals surface area (Å²) in [5, 5.41) is 8.65. The van der Waals surface area contributed by atoms with Crippen LogP contribution >= 0.6 is 28.6 Å². The number of methoxy groups -OCH3 is 1. The lowest BCUT2D eigenvalue weighted by Crippen LogP contribution is -2.04. The first-order valence-electron chi connectivity index (χ1n) is 3.61. The van der Waals surface area contributed by atoms with Crippen molar-refractivity contribution >= 4 is 34.5 Å². The van der Waals surface area contributed by atoms with Crippen LogP contribution < -0.4 is 0 Å². The SMILES string of the molecule is COC(=O)c1c(S)cc(C#N)cc1Br. The molecule has 0 saturated heterocycles. The Hall–Kier alpha value is -0.990. The van der Waals surface area contributed by atoms with Crippen molar-refractivity contribution in [1.29, 1.82) is 5.26 Å². The number of benzene rings is 1. The van der Waals surface area contributed by atoms with Crippen LogP contribution in [0.3, 0.4) is 0 Å². The van der Waals surface area contributed by atoms with Crippen LogP contribution in [-0.2, 0) is 4.74 Å². The molecular formula is C9H6BrNO2S. The predicted octanol–water partition coefficient (Wildman–Crippen LogP) is 2.40. The number of carbonyl (C=O) groups excluding carboxylic acids is 1. The van der Waals surface area contributed by atoms with Crippen molar-refractivity contribution in [2.24, 2.45) is 0 Å². The molecule has 1 rings (SSSR count). The summed E-state index contributed by atoms with van der Waals surface area (Å²) in [6, 6.07) is 5.02. The third kappa shape index (κ3) is 2.08. The Morgan fingerprint density at radius 3 is 2.71 bits per heavy atom. The quantitative estimate of drug-likeness (QED) is 0.630. The van der Waals surface area contributed by atoms with Crippen molar-refractivity contribution in [2.75, 3.05) is 7.11 Å². The fraction of sp³-hybridized carbons (Fsp3) is 0.111. The molecular weight excluding hydrogens is 266 g/mol. The maximum atomic E-state index is 11.3. The number of rotatable bonds is 1. The summed E-state index contributed by atoms with van der Waals surface area (Å²) < 4.78 is 5.08. The Bertz CT molecular complexity index is 402. The minimum Gasteiger partial charge on any atom is -0.465 e. The molecule has 0 unspecified atom stereocenters. The zero-order valence-electron chi connectivity index (χ0n) is 7.24. The van der Waals surface area contributed by atoms with E-state index in [1.165, 1.54) is 13.2 Å². The van der Waals surface area contributed by atoms with Crippen molar-refractivity contribution in [3.8, 4) is 6.07 Å². The fourth-order valence-electron chi connectivity index (χ4n) is 0.961. The molecule has 0 heterocycles. The van der Waals surface area contributed by atoms with Gasteiger partial charge in [0.25, 0.3) is 0 Å². The summed E-state index contributed by atoms with van der Waals surface area (Å²) in [6.07, 6.45) is 0. The van der Waals surface area contributed by atoms with Gasteiger partial charge < -0.3 is 4.74 Å². The largest absolute Gasteiger partial charge is 0.465 e. The van der Waals surface area contributed by atoms with Gasteiger partial charge in [-0.1, -0.05) is 0 Å². The van der Waals surface area contributed by atoms with Gasteiger partial charge in [0.2, 0.25) is 0 Å². The maximum absolute atomic E-state index is 11.3. The Morgan fingerprint density at radius 1 is 1.64 bits per heavy atom. The van der Waals surface area contributed by atoms with Gasteiger partial charge in [-0.05, 0) is 28.1 Å². The Kier molecular flexibility index (Phi) is 3.55. The van der Waals surface area contributed by atoms with E-state index in [2.05, 4.69) is 33.3 Å². The standard InChI is InChI=1S/C9H6BrNO2S/c1-13-9(12)8-6(10)2-5(4-11)3-7(8)14/h2-3,14H,1H3. The highest BCUT2D eigenvalue weighted by molar-refractivity contribution is 9.10. The first-order chi connectivity index (χ1) is 6.60. The van der Waals surface area contributed by atoms with Crippen molar-refractivity contribution < 1.29 is 9.53 Å². The van der Waals surface area contributed by atoms with Crippen molar-refractivity contribution in [3.63, 3.8) is 0 Å². The number of halogens is 1. The third-order valence-electron chi connectivity index (χ3n) is 1.59. The van der Waals surface area contributed by atoms with Crippen LogP contribution in [0.1, 0.15) is 15.9 Å². The van der Waals surface area contributed by atoms with E-state index >= 15 is 0 Å². The van der Waals surface area contributed by atoms with E-state index in [9.17, 15) is 4.79 Å². The molecule has 0 aliphatic heterocycles. The summed E-state index contributed by atoms with van der Waals surface area (Å²) in [6.45, 7) is 0. The summed E-state index contributed by atoms with van der Waals surface area (Å²) in [5.74, 6) is -0.480. The molecule has 1 aromatic carbocycles. The zero-order chi connectivity index (χ0) is 10.7. The minimum atomic E-state index is -0.480. The summed E-state index contributed by atoms with van der Waals surface area (Å²) >= 11 is 7.28. The van der Waals surface area contributed by atoms with Gasteiger partial charge in [-0.2, -0.15) is 5.26 Å². The molecule has 0 N–H and O–H groups in total. The first-order valence-corrected chi connectivity index (χ1v) is 4.85. The van der Waals surface area contributed by atoms with Gasteiger partial charge in [0.05, 0.1) is 24.3 Å². The molecule has 0 aliphatic rings. The smallest absolute Gasteiger partial charge is 0.340 e. The highest BCUT2D eigenvalue weighted by atomic mass is 79.9. The lowest BCUT2D eigenvalue weighted by Gasteiger charge is -2.05. The van der Waals surface area contributed by atoms with E-state index in [1.54, 1.807) is 6.07 Å². The number of nitriles is 1. The van der Waals surface area contributed by atoms with Crippen LogP contribution in [0.5, 0.6) is 0 Å². The minimum absolute atomic E-state index is 0.329. The summed E-state index contributed by atoms with van der Waals surface area (Å²) in [4.78, 5) is 11.7. The van der Waals surface area contributed by atoms with Crippen LogP contribution in [-0.4, -0.2) is 13.1 Å². The summed E-state index contributed by atoms with van der Waals surface area (Å²) in [7, 11) is 1.29. The van der Waals surface area contributed by atoms with Gasteiger partial charge in [-0.15, -0.1) is 12.6 Å². The molecule has 1 aromatic rings. The van der Waals surface area contributed by atoms with E-state index in [0.717, 1.165) is 0 Å². The maximum Gasteiger partial charge on any atom is 0.340 e. The number of carbonyl (C=O) groups is 1. The van der Waals surface area contributed by atoms with Gasteiger partial charge in [0, 0.05) is 9.37 Å². The molecule has 0 bridgehead atoms. The van der Waals surface area contributed by atoms with Crippen molar-refractivity contribution in [2.45, 2.75) is 4.90 Å². The highest BCUT2D eigenvalue weighted by Gasteiger charge is 2.15. The van der Waals surface area contributed by atoms with E-state index < -0.39 is 5.97 Å². The van der Waals surface area contributed by atoms with Gasteiger partial charge in [-0.3, -0.25) is 0 Å². The fourth-order valence-corrected chi connectivity index (χ4v) is 2.09. The van der Waals surface area contributed by atoms with Gasteiger partial charge >= 0.3 is 5.97 Å². The van der Waals surface area contributed by atoms with Crippen molar-refractivity contribution in [3.05, 3.63) is 27.7 Å². The average Bonchev–Trinajstić information content (AvgIpc) is 2.16. The van der Waals surface area contributed by atoms with E-state index in [4.69, 9.17) is 5.26 Å². The number of ether oxygens (including phenoxy) is 1. The number of hydrogen-bond donors (Lipinski definition) is 1. The second-order valence-corrected chi connectivity index (χ2v) is 3.79. The molecule has 0 fully saturated rings. The molecule has 3 nitrogen and oxygen atoms in total. The van der Waals surface area contributed by atoms with Crippen LogP contribution in [0.4, 0.5) is 0 Å². The molecule has 0 spiro atoms. The lowest BCUT2D eigenvalue weighted by atomic mass is 10.1. The second-order valence-electron chi connectivity index (χ2n) is 2.46. The topological polar surface area (TPSA) is 50.1 Å². The Labute approximate surface area is 95.2 Å². The Balaban J connectivity index is 3.34. The van der Waals surface area contributed by atoms with Crippen LogP contribution in [0.2, 0.25) is 0 Å². The van der Waals surface area contributed by atoms with E-state index in [0.29, 0.717) is 20.5 Å². The second kappa shape index (κ2) is 4.49. The van der Waals surface area contributed by atoms with Gasteiger partial charge in [0.1, 0.15) is 0 Å². The number of nitrogens with zero attached hydrogens (tertiary/aromatic N) is 1. The molecule has 14 heavy (non-hydrogen) atoms. The van der Waals surface area contributed by atoms with Crippen LogP contribution in [0.15, 0.2) is 21.5 Å². The first kappa shape index (κ1) is 11.1. The molecule has 0 radical (unpaired) electrons. The van der Waals surface area contributed by atoms with Gasteiger partial charge in [-0.25, -0.2) is 4.79 Å². The van der Waals surface area contributed by atoms with Crippen molar-refractivity contribution in [1.82, 2.24) is 0 Å². The molecule has 0 atom stereocenters. The molecule has 0 aliphatic carbocycles. The number of thiol groups is 1. The monoisotopic (exact) mass is 271 g/mol. The highest BCUT2D eigenvalue weighted by Crippen LogP contribution is 2.26. The molecule has 0 saturated carbocycles. The zero-order valence-corrected chi connectivity index (χ0v) is 9.72. The molecule has 0 aromatic heterocycles. The molecule has 5 heteroatoms. The molecule has 72 valence electrons. The van der Waals surface area contributed by atoms with E-state index in [-0.39, 0.29) is 0 Å². The normalized spacial score (nSPS) is 9.29. The average molecular weight is 272 g/mol. The van der Waals surface area contributed by atoms with E-state index in [1.807, 2.05) is 6.07 Å². The Morgan fingerprint density at radius 2 is 2.29 bits per heavy atom. The molecule has 0 amide bonds. The predicted molar refractivity (Wildman–Crippen MR) is 57.4 cm³/mol. The van der Waals surface area contributed by atoms with Crippen LogP contribution in [0, 0.1) is 11.3 Å². The number of esters is 1. The van der Waals surface area contributed by atoms with Crippen LogP contribution in [0.25, 0.3) is 0 Å². The summed E-state index contributed by atoms with van der Waals surface area (Å²) in [5.41, 5.74) is 0.768. The number of hydrogen-bond acceptors (Lipinski definition) is 4.